The van der Waals surface area contributed by atoms with Gasteiger partial charge in [0.1, 0.15) is 22.9 Å². The topological polar surface area (TPSA) is 161 Å². The number of pyridine rings is 2. The first-order chi connectivity index (χ1) is 25.6. The third-order valence-electron chi connectivity index (χ3n) is 8.78. The van der Waals surface area contributed by atoms with Crippen molar-refractivity contribution in [3.05, 3.63) is 100 Å². The molecule has 0 saturated heterocycles. The monoisotopic (exact) mass is 776 g/mol. The van der Waals surface area contributed by atoms with Crippen molar-refractivity contribution in [2.45, 2.75) is 46.1 Å². The smallest absolute Gasteiger partial charge is 0.274 e. The van der Waals surface area contributed by atoms with E-state index >= 15 is 0 Å². The molecule has 0 unspecified atom stereocenters. The first-order valence-electron chi connectivity index (χ1n) is 17.7. The van der Waals surface area contributed by atoms with Crippen LogP contribution in [-0.2, 0) is 38.8 Å². The number of hydrogen-bond acceptors (Lipinski definition) is 11. The van der Waals surface area contributed by atoms with Crippen LogP contribution in [-0.4, -0.2) is 89.0 Å². The largest absolute Gasteiger partial charge is 0.496 e. The Hall–Kier alpha value is -4.66. The Balaban J connectivity index is 1.45. The Bertz CT molecular complexity index is 2070. The van der Waals surface area contributed by atoms with Crippen molar-refractivity contribution < 1.29 is 27.5 Å². The summed E-state index contributed by atoms with van der Waals surface area (Å²) >= 11 is 0. The summed E-state index contributed by atoms with van der Waals surface area (Å²) in [5.74, 6) is 0.641. The average Bonchev–Trinajstić information content (AvgIpc) is 3.12. The van der Waals surface area contributed by atoms with Gasteiger partial charge >= 0.3 is 0 Å². The van der Waals surface area contributed by atoms with Gasteiger partial charge in [-0.25, -0.2) is 8.73 Å². The van der Waals surface area contributed by atoms with Crippen LogP contribution in [0.2, 0.25) is 0 Å². The fraction of sp³-hybridized carbons (Fsp3) is 0.400. The van der Waals surface area contributed by atoms with Crippen LogP contribution in [0.4, 0.5) is 5.69 Å². The van der Waals surface area contributed by atoms with Crippen molar-refractivity contribution in [2.24, 2.45) is 8.73 Å². The van der Waals surface area contributed by atoms with Gasteiger partial charge < -0.3 is 20.1 Å². The van der Waals surface area contributed by atoms with Crippen LogP contribution in [0.3, 0.4) is 0 Å². The number of benzene rings is 2. The van der Waals surface area contributed by atoms with Gasteiger partial charge in [-0.05, 0) is 67.0 Å². The molecule has 290 valence electrons. The van der Waals surface area contributed by atoms with Crippen molar-refractivity contribution >= 4 is 36.8 Å². The molecule has 0 fully saturated rings. The Morgan fingerprint density at radius 3 is 2.02 bits per heavy atom. The molecule has 2 aromatic carbocycles. The third-order valence-corrected chi connectivity index (χ3v) is 10.4. The molecule has 1 amide bonds. The maximum atomic E-state index is 13.5. The predicted molar refractivity (Wildman–Crippen MR) is 218 cm³/mol. The molecule has 2 N–H and O–H groups in total. The summed E-state index contributed by atoms with van der Waals surface area (Å²) in [6.07, 6.45) is 12.2. The van der Waals surface area contributed by atoms with Gasteiger partial charge in [0.25, 0.3) is 5.91 Å². The SMILES string of the molecule is COc1cc(C(=O)Nc2cccc(-c3cccc(CC(=O)c4cc(OC)c(CNCCN=S(C)(C)=O)cn4)c3C)c2C)ncc1CCCCN=S(C)(C)=O. The number of aryl methyl sites for hydroxylation is 1. The van der Waals surface area contributed by atoms with Crippen molar-refractivity contribution in [1.29, 1.82) is 0 Å². The molecule has 54 heavy (non-hydrogen) atoms. The fourth-order valence-electron chi connectivity index (χ4n) is 5.87. The Kier molecular flexibility index (Phi) is 14.9. The number of anilines is 1. The van der Waals surface area contributed by atoms with E-state index in [1.165, 1.54) is 0 Å². The molecular weight excluding hydrogens is 725 g/mol. The van der Waals surface area contributed by atoms with Gasteiger partial charge in [-0.2, -0.15) is 0 Å². The van der Waals surface area contributed by atoms with Crippen LogP contribution >= 0.6 is 0 Å². The number of hydrogen-bond donors (Lipinski definition) is 2. The lowest BCUT2D eigenvalue weighted by atomic mass is 9.91. The molecule has 4 aromatic rings. The molecule has 0 aliphatic rings. The summed E-state index contributed by atoms with van der Waals surface area (Å²) in [5.41, 5.74) is 7.45. The molecule has 14 heteroatoms. The third kappa shape index (κ3) is 12.2. The van der Waals surface area contributed by atoms with Crippen molar-refractivity contribution in [2.75, 3.05) is 64.2 Å². The number of carbonyl (C=O) groups excluding carboxylic acids is 2. The number of nitrogens with one attached hydrogen (secondary N) is 2. The number of rotatable bonds is 18. The minimum Gasteiger partial charge on any atom is -0.496 e. The fourth-order valence-corrected chi connectivity index (χ4v) is 6.97. The Morgan fingerprint density at radius 2 is 1.33 bits per heavy atom. The van der Waals surface area contributed by atoms with Crippen LogP contribution < -0.4 is 20.1 Å². The summed E-state index contributed by atoms with van der Waals surface area (Å²) in [6.45, 7) is 5.93. The summed E-state index contributed by atoms with van der Waals surface area (Å²) in [6, 6.07) is 14.9. The average molecular weight is 777 g/mol. The molecule has 0 radical (unpaired) electrons. The highest BCUT2D eigenvalue weighted by atomic mass is 32.2. The number of Topliss-reactive ketones (excluding diaryl/α,β-unsaturated/α-hetero) is 1. The van der Waals surface area contributed by atoms with Gasteiger partial charge in [-0.15, -0.1) is 0 Å². The van der Waals surface area contributed by atoms with Crippen molar-refractivity contribution in [1.82, 2.24) is 15.3 Å². The van der Waals surface area contributed by atoms with E-state index in [4.69, 9.17) is 9.47 Å². The van der Waals surface area contributed by atoms with E-state index < -0.39 is 19.5 Å². The van der Waals surface area contributed by atoms with Crippen molar-refractivity contribution in [3.8, 4) is 22.6 Å². The van der Waals surface area contributed by atoms with E-state index in [1.54, 1.807) is 63.8 Å². The maximum absolute atomic E-state index is 13.5. The number of ketones is 1. The number of ether oxygens (including phenoxy) is 2. The lowest BCUT2D eigenvalue weighted by molar-refractivity contribution is 0.0985. The first-order valence-corrected chi connectivity index (χ1v) is 22.3. The zero-order chi connectivity index (χ0) is 39.5. The summed E-state index contributed by atoms with van der Waals surface area (Å²) in [5, 5.41) is 6.27. The molecule has 2 heterocycles. The minimum absolute atomic E-state index is 0.140. The highest BCUT2D eigenvalue weighted by molar-refractivity contribution is 7.92. The molecule has 0 atom stereocenters. The number of methoxy groups -OCH3 is 2. The second-order valence-corrected chi connectivity index (χ2v) is 18.8. The number of nitrogens with zero attached hydrogens (tertiary/aromatic N) is 4. The van der Waals surface area contributed by atoms with Crippen LogP contribution in [0.25, 0.3) is 11.1 Å². The number of carbonyl (C=O) groups is 2. The molecule has 0 spiro atoms. The second-order valence-electron chi connectivity index (χ2n) is 13.6. The van der Waals surface area contributed by atoms with Gasteiger partial charge in [0.15, 0.2) is 5.78 Å². The summed E-state index contributed by atoms with van der Waals surface area (Å²) in [4.78, 5) is 35.8. The molecule has 2 aromatic heterocycles. The van der Waals surface area contributed by atoms with Crippen LogP contribution in [0, 0.1) is 13.8 Å². The lowest BCUT2D eigenvalue weighted by Crippen LogP contribution is -2.18. The van der Waals surface area contributed by atoms with E-state index in [1.807, 2.05) is 50.2 Å². The Morgan fingerprint density at radius 1 is 0.741 bits per heavy atom. The second kappa shape index (κ2) is 19.1. The molecule has 0 bridgehead atoms. The quantitative estimate of drug-likeness (QED) is 0.0870. The van der Waals surface area contributed by atoms with Gasteiger partial charge in [-0.1, -0.05) is 30.3 Å². The number of unbranched alkanes of at least 4 members (excludes halogenated alkanes) is 1. The van der Waals surface area contributed by atoms with Crippen LogP contribution in [0.15, 0.2) is 69.7 Å². The molecule has 0 aliphatic carbocycles. The minimum atomic E-state index is -2.14. The molecular formula is C40H52N6O6S2. The molecule has 12 nitrogen and oxygen atoms in total. The van der Waals surface area contributed by atoms with E-state index in [0.29, 0.717) is 55.5 Å². The predicted octanol–water partition coefficient (Wildman–Crippen LogP) is 6.32. The molecule has 0 aliphatic heterocycles. The van der Waals surface area contributed by atoms with Crippen molar-refractivity contribution in [3.63, 3.8) is 0 Å². The molecule has 0 saturated carbocycles. The zero-order valence-corrected chi connectivity index (χ0v) is 34.1. The lowest BCUT2D eigenvalue weighted by Gasteiger charge is -2.17. The normalized spacial score (nSPS) is 11.6. The van der Waals surface area contributed by atoms with E-state index in [9.17, 15) is 18.0 Å². The highest BCUT2D eigenvalue weighted by Gasteiger charge is 2.18. The van der Waals surface area contributed by atoms with Gasteiger partial charge in [-0.3, -0.25) is 28.0 Å². The van der Waals surface area contributed by atoms with Gasteiger partial charge in [0, 0.05) is 112 Å². The van der Waals surface area contributed by atoms with Gasteiger partial charge in [0.2, 0.25) is 0 Å². The highest BCUT2D eigenvalue weighted by Crippen LogP contribution is 2.33. The van der Waals surface area contributed by atoms with E-state index in [-0.39, 0.29) is 23.8 Å². The van der Waals surface area contributed by atoms with Crippen LogP contribution in [0.5, 0.6) is 11.5 Å². The number of amides is 1. The maximum Gasteiger partial charge on any atom is 0.274 e. The molecule has 4 rings (SSSR count). The van der Waals surface area contributed by atoms with Gasteiger partial charge in [0.05, 0.1) is 20.8 Å². The number of aromatic nitrogens is 2. The zero-order valence-electron chi connectivity index (χ0n) is 32.5. The van der Waals surface area contributed by atoms with Crippen LogP contribution in [0.1, 0.15) is 61.6 Å². The summed E-state index contributed by atoms with van der Waals surface area (Å²) < 4.78 is 43.0. The Labute approximate surface area is 320 Å². The van der Waals surface area contributed by atoms with E-state index in [2.05, 4.69) is 29.3 Å². The van der Waals surface area contributed by atoms with E-state index in [0.717, 1.165) is 51.8 Å². The standard InChI is InChI=1S/C40H52N6O6S2/c1-27-29(21-37(47)35-22-39(52-4)31(26-42-35)24-41-19-20-45-54(7,8)50)14-11-15-32(27)33-16-12-17-34(28(33)2)46-40(48)36-23-38(51-3)30(25-43-36)13-9-10-18-44-53(5,6)49/h11-12,14-17,22-23,25-26,41H,9-10,13,18-21,24H2,1-8H3,(H,46,48). The summed E-state index contributed by atoms with van der Waals surface area (Å²) in [7, 11) is -1.12. The first kappa shape index (κ1) is 42.1.